The van der Waals surface area contributed by atoms with Crippen LogP contribution in [0.4, 0.5) is 0 Å². The molecule has 1 aromatic rings. The maximum absolute atomic E-state index is 11.9. The van der Waals surface area contributed by atoms with Gasteiger partial charge in [0.15, 0.2) is 0 Å². The van der Waals surface area contributed by atoms with Crippen LogP contribution in [0.2, 0.25) is 5.15 Å². The summed E-state index contributed by atoms with van der Waals surface area (Å²) in [4.78, 5) is 15.7. The molecule has 0 saturated heterocycles. The third-order valence-electron chi connectivity index (χ3n) is 2.20. The molecule has 16 heavy (non-hydrogen) atoms. The molecule has 1 rings (SSSR count). The highest BCUT2D eigenvalue weighted by molar-refractivity contribution is 6.32. The van der Waals surface area contributed by atoms with E-state index in [2.05, 4.69) is 18.8 Å². The minimum Gasteiger partial charge on any atom is -0.277 e. The standard InChI is InChI=1S/C11H16ClN3O/c1-8(2)5-7-15(13)11(16)9-4-3-6-14-10(9)12/h3-4,6,8H,5,7,13H2,1-2H3. The maximum atomic E-state index is 11.9. The number of hydrazine groups is 1. The average molecular weight is 242 g/mol. The van der Waals surface area contributed by atoms with E-state index in [1.165, 1.54) is 11.2 Å². The minimum atomic E-state index is -0.293. The Bertz CT molecular complexity index is 368. The van der Waals surface area contributed by atoms with Crippen molar-refractivity contribution in [1.82, 2.24) is 9.99 Å². The number of nitrogens with zero attached hydrogens (tertiary/aromatic N) is 2. The Morgan fingerprint density at radius 3 is 2.88 bits per heavy atom. The Morgan fingerprint density at radius 1 is 1.62 bits per heavy atom. The van der Waals surface area contributed by atoms with E-state index < -0.39 is 0 Å². The van der Waals surface area contributed by atoms with Gasteiger partial charge in [0.05, 0.1) is 5.56 Å². The van der Waals surface area contributed by atoms with Crippen molar-refractivity contribution >= 4 is 17.5 Å². The third kappa shape index (κ3) is 3.47. The smallest absolute Gasteiger partial charge is 0.270 e. The molecule has 0 bridgehead atoms. The molecule has 0 aliphatic rings. The van der Waals surface area contributed by atoms with E-state index in [9.17, 15) is 4.79 Å². The lowest BCUT2D eigenvalue weighted by Crippen LogP contribution is -2.38. The van der Waals surface area contributed by atoms with Crippen LogP contribution in [0, 0.1) is 5.92 Å². The summed E-state index contributed by atoms with van der Waals surface area (Å²) in [6.45, 7) is 4.67. The molecule has 1 heterocycles. The fourth-order valence-corrected chi connectivity index (χ4v) is 1.40. The van der Waals surface area contributed by atoms with E-state index >= 15 is 0 Å². The van der Waals surface area contributed by atoms with Crippen LogP contribution in [0.3, 0.4) is 0 Å². The molecule has 0 radical (unpaired) electrons. The quantitative estimate of drug-likeness (QED) is 0.380. The first-order chi connectivity index (χ1) is 7.52. The zero-order valence-electron chi connectivity index (χ0n) is 9.48. The second kappa shape index (κ2) is 5.82. The number of rotatable bonds is 4. The molecule has 1 aromatic heterocycles. The summed E-state index contributed by atoms with van der Waals surface area (Å²) in [7, 11) is 0. The average Bonchev–Trinajstić information content (AvgIpc) is 2.25. The molecule has 2 N–H and O–H groups in total. The maximum Gasteiger partial charge on any atom is 0.270 e. The fraction of sp³-hybridized carbons (Fsp3) is 0.455. The number of pyridine rings is 1. The van der Waals surface area contributed by atoms with E-state index in [1.54, 1.807) is 12.1 Å². The summed E-state index contributed by atoms with van der Waals surface area (Å²) in [6, 6.07) is 3.28. The molecule has 0 spiro atoms. The van der Waals surface area contributed by atoms with Crippen molar-refractivity contribution in [3.8, 4) is 0 Å². The van der Waals surface area contributed by atoms with E-state index in [-0.39, 0.29) is 11.1 Å². The molecule has 0 unspecified atom stereocenters. The van der Waals surface area contributed by atoms with Gasteiger partial charge in [-0.05, 0) is 24.5 Å². The topological polar surface area (TPSA) is 59.2 Å². The zero-order chi connectivity index (χ0) is 12.1. The first-order valence-corrected chi connectivity index (χ1v) is 5.57. The number of aromatic nitrogens is 1. The van der Waals surface area contributed by atoms with Crippen molar-refractivity contribution in [2.75, 3.05) is 6.54 Å². The molecular weight excluding hydrogens is 226 g/mol. The van der Waals surface area contributed by atoms with Crippen molar-refractivity contribution in [3.63, 3.8) is 0 Å². The zero-order valence-corrected chi connectivity index (χ0v) is 10.2. The van der Waals surface area contributed by atoms with Crippen LogP contribution in [0.1, 0.15) is 30.6 Å². The Kier molecular flexibility index (Phi) is 4.71. The van der Waals surface area contributed by atoms with Gasteiger partial charge in [-0.25, -0.2) is 10.8 Å². The molecule has 88 valence electrons. The number of hydrogen-bond acceptors (Lipinski definition) is 3. The molecule has 4 nitrogen and oxygen atoms in total. The Hall–Kier alpha value is -1.13. The largest absolute Gasteiger partial charge is 0.277 e. The number of carbonyl (C=O) groups is 1. The highest BCUT2D eigenvalue weighted by Gasteiger charge is 2.15. The second-order valence-electron chi connectivity index (χ2n) is 4.02. The van der Waals surface area contributed by atoms with Crippen molar-refractivity contribution in [1.29, 1.82) is 0 Å². The summed E-state index contributed by atoms with van der Waals surface area (Å²) < 4.78 is 0. The molecule has 5 heteroatoms. The lowest BCUT2D eigenvalue weighted by Gasteiger charge is -2.17. The van der Waals surface area contributed by atoms with Crippen LogP contribution < -0.4 is 5.84 Å². The van der Waals surface area contributed by atoms with Gasteiger partial charge in [-0.1, -0.05) is 25.4 Å². The van der Waals surface area contributed by atoms with Crippen molar-refractivity contribution < 1.29 is 4.79 Å². The molecule has 0 fully saturated rings. The van der Waals surface area contributed by atoms with Crippen molar-refractivity contribution in [3.05, 3.63) is 29.0 Å². The molecule has 0 saturated carbocycles. The SMILES string of the molecule is CC(C)CCN(N)C(=O)c1cccnc1Cl. The summed E-state index contributed by atoms with van der Waals surface area (Å²) in [5.74, 6) is 5.87. The summed E-state index contributed by atoms with van der Waals surface area (Å²) in [6.07, 6.45) is 2.40. The van der Waals surface area contributed by atoms with Crippen LogP contribution >= 0.6 is 11.6 Å². The first-order valence-electron chi connectivity index (χ1n) is 5.19. The van der Waals surface area contributed by atoms with Crippen LogP contribution in [0.15, 0.2) is 18.3 Å². The fourth-order valence-electron chi connectivity index (χ4n) is 1.20. The van der Waals surface area contributed by atoms with Crippen LogP contribution in [-0.4, -0.2) is 22.4 Å². The Balaban J connectivity index is 2.67. The van der Waals surface area contributed by atoms with Crippen molar-refractivity contribution in [2.45, 2.75) is 20.3 Å². The minimum absolute atomic E-state index is 0.187. The van der Waals surface area contributed by atoms with Gasteiger partial charge in [0.25, 0.3) is 5.91 Å². The first kappa shape index (κ1) is 12.9. The van der Waals surface area contributed by atoms with E-state index in [4.69, 9.17) is 17.4 Å². The van der Waals surface area contributed by atoms with Gasteiger partial charge < -0.3 is 0 Å². The second-order valence-corrected chi connectivity index (χ2v) is 4.38. The van der Waals surface area contributed by atoms with E-state index in [0.29, 0.717) is 18.0 Å². The van der Waals surface area contributed by atoms with Gasteiger partial charge in [0.1, 0.15) is 5.15 Å². The molecule has 1 amide bonds. The normalized spacial score (nSPS) is 10.6. The molecule has 0 aliphatic heterocycles. The number of carbonyl (C=O) groups excluding carboxylic acids is 1. The summed E-state index contributed by atoms with van der Waals surface area (Å²) in [5.41, 5.74) is 0.343. The Labute approximate surface area is 100 Å². The van der Waals surface area contributed by atoms with Crippen LogP contribution in [-0.2, 0) is 0 Å². The highest BCUT2D eigenvalue weighted by Crippen LogP contribution is 2.13. The van der Waals surface area contributed by atoms with Gasteiger partial charge >= 0.3 is 0 Å². The lowest BCUT2D eigenvalue weighted by molar-refractivity contribution is 0.0748. The van der Waals surface area contributed by atoms with Crippen LogP contribution in [0.5, 0.6) is 0 Å². The van der Waals surface area contributed by atoms with Gasteiger partial charge in [0.2, 0.25) is 0 Å². The van der Waals surface area contributed by atoms with E-state index in [1.807, 2.05) is 0 Å². The number of hydrogen-bond donors (Lipinski definition) is 1. The third-order valence-corrected chi connectivity index (χ3v) is 2.50. The molecule has 0 atom stereocenters. The van der Waals surface area contributed by atoms with Gasteiger partial charge in [-0.2, -0.15) is 0 Å². The summed E-state index contributed by atoms with van der Waals surface area (Å²) in [5, 5.41) is 1.37. The van der Waals surface area contributed by atoms with Gasteiger partial charge in [-0.3, -0.25) is 9.80 Å². The number of halogens is 1. The predicted octanol–water partition coefficient (Wildman–Crippen LogP) is 2.10. The Morgan fingerprint density at radius 2 is 2.31 bits per heavy atom. The van der Waals surface area contributed by atoms with E-state index in [0.717, 1.165) is 6.42 Å². The number of amides is 1. The van der Waals surface area contributed by atoms with Gasteiger partial charge in [-0.15, -0.1) is 0 Å². The van der Waals surface area contributed by atoms with Crippen LogP contribution in [0.25, 0.3) is 0 Å². The highest BCUT2D eigenvalue weighted by atomic mass is 35.5. The number of nitrogens with two attached hydrogens (primary N) is 1. The van der Waals surface area contributed by atoms with Gasteiger partial charge in [0, 0.05) is 12.7 Å². The molecule has 0 aliphatic carbocycles. The summed E-state index contributed by atoms with van der Waals surface area (Å²) >= 11 is 5.81. The monoisotopic (exact) mass is 241 g/mol. The lowest BCUT2D eigenvalue weighted by atomic mass is 10.1. The molecule has 0 aromatic carbocycles. The van der Waals surface area contributed by atoms with Crippen molar-refractivity contribution in [2.24, 2.45) is 11.8 Å². The molecular formula is C11H16ClN3O. The predicted molar refractivity (Wildman–Crippen MR) is 63.9 cm³/mol.